The van der Waals surface area contributed by atoms with Crippen LogP contribution in [0.25, 0.3) is 0 Å². The summed E-state index contributed by atoms with van der Waals surface area (Å²) in [5.74, 6) is 0.949. The van der Waals surface area contributed by atoms with Crippen LogP contribution in [0, 0.1) is 5.92 Å². The Labute approximate surface area is 174 Å². The van der Waals surface area contributed by atoms with Gasteiger partial charge in [0.15, 0.2) is 5.96 Å². The highest BCUT2D eigenvalue weighted by atomic mass is 32.2. The molecule has 29 heavy (non-hydrogen) atoms. The standard InChI is InChI=1S/C20H33N5O3S/c1-3-22-20(24-12-13-29(27,28)25-15-17-7-4-8-17)23-11-10-16-6-5-9-18(14-16)19(26)21-2/h5-6,9,14,17,25H,3-4,7-8,10-13,15H2,1-2H3,(H,21,26)(H2,22,23,24). The first-order chi connectivity index (χ1) is 13.9. The Kier molecular flexibility index (Phi) is 9.40. The van der Waals surface area contributed by atoms with E-state index in [0.717, 1.165) is 24.8 Å². The highest BCUT2D eigenvalue weighted by Crippen LogP contribution is 2.25. The van der Waals surface area contributed by atoms with Crippen molar-refractivity contribution in [2.24, 2.45) is 10.9 Å². The lowest BCUT2D eigenvalue weighted by atomic mass is 9.86. The molecule has 1 aromatic carbocycles. The Morgan fingerprint density at radius 1 is 1.24 bits per heavy atom. The third kappa shape index (κ3) is 8.41. The van der Waals surface area contributed by atoms with E-state index in [9.17, 15) is 13.2 Å². The molecule has 1 saturated carbocycles. The van der Waals surface area contributed by atoms with E-state index in [2.05, 4.69) is 25.7 Å². The molecule has 1 aliphatic rings. The Hall–Kier alpha value is -2.13. The van der Waals surface area contributed by atoms with Crippen LogP contribution < -0.4 is 20.7 Å². The zero-order valence-electron chi connectivity index (χ0n) is 17.3. The number of guanidine groups is 1. The molecule has 1 fully saturated rings. The fourth-order valence-corrected chi connectivity index (χ4v) is 3.94. The number of carbonyl (C=O) groups excluding carboxylic acids is 1. The summed E-state index contributed by atoms with van der Waals surface area (Å²) in [4.78, 5) is 16.1. The van der Waals surface area contributed by atoms with Crippen LogP contribution in [0.2, 0.25) is 0 Å². The molecule has 0 heterocycles. The van der Waals surface area contributed by atoms with Crippen LogP contribution in [0.4, 0.5) is 0 Å². The van der Waals surface area contributed by atoms with Gasteiger partial charge < -0.3 is 16.0 Å². The highest BCUT2D eigenvalue weighted by Gasteiger charge is 2.19. The summed E-state index contributed by atoms with van der Waals surface area (Å²) in [6, 6.07) is 7.48. The van der Waals surface area contributed by atoms with Crippen LogP contribution in [0.3, 0.4) is 0 Å². The first-order valence-corrected chi connectivity index (χ1v) is 11.9. The van der Waals surface area contributed by atoms with Gasteiger partial charge in [-0.1, -0.05) is 18.6 Å². The van der Waals surface area contributed by atoms with Gasteiger partial charge in [0.05, 0.1) is 12.3 Å². The molecule has 0 aliphatic heterocycles. The van der Waals surface area contributed by atoms with E-state index in [1.165, 1.54) is 6.42 Å². The molecule has 1 aromatic rings. The van der Waals surface area contributed by atoms with E-state index < -0.39 is 10.0 Å². The van der Waals surface area contributed by atoms with Crippen molar-refractivity contribution in [3.05, 3.63) is 35.4 Å². The average Bonchev–Trinajstić information content (AvgIpc) is 2.66. The predicted molar refractivity (Wildman–Crippen MR) is 117 cm³/mol. The summed E-state index contributed by atoms with van der Waals surface area (Å²) in [6.45, 7) is 4.00. The Balaban J connectivity index is 1.78. The van der Waals surface area contributed by atoms with Crippen molar-refractivity contribution < 1.29 is 13.2 Å². The second-order valence-electron chi connectivity index (χ2n) is 7.18. The van der Waals surface area contributed by atoms with Gasteiger partial charge in [0.1, 0.15) is 0 Å². The van der Waals surface area contributed by atoms with Crippen LogP contribution in [0.5, 0.6) is 0 Å². The maximum absolute atomic E-state index is 12.1. The minimum atomic E-state index is -3.29. The molecule has 162 valence electrons. The molecule has 1 aliphatic carbocycles. The normalized spacial score (nSPS) is 14.9. The lowest BCUT2D eigenvalue weighted by molar-refractivity contribution is 0.0963. The molecule has 1 amide bonds. The van der Waals surface area contributed by atoms with Gasteiger partial charge in [0.2, 0.25) is 10.0 Å². The van der Waals surface area contributed by atoms with E-state index in [4.69, 9.17) is 0 Å². The van der Waals surface area contributed by atoms with E-state index in [1.807, 2.05) is 25.1 Å². The van der Waals surface area contributed by atoms with Gasteiger partial charge in [0, 0.05) is 32.2 Å². The van der Waals surface area contributed by atoms with Crippen molar-refractivity contribution in [3.63, 3.8) is 0 Å². The number of benzene rings is 1. The van der Waals surface area contributed by atoms with Crippen LogP contribution in [-0.2, 0) is 16.4 Å². The number of hydrogen-bond acceptors (Lipinski definition) is 4. The monoisotopic (exact) mass is 423 g/mol. The van der Waals surface area contributed by atoms with E-state index in [0.29, 0.717) is 37.1 Å². The highest BCUT2D eigenvalue weighted by molar-refractivity contribution is 7.89. The SMILES string of the molecule is CCNC(=NCCS(=O)(=O)NCC1CCC1)NCCc1cccc(C(=O)NC)c1. The van der Waals surface area contributed by atoms with Crippen molar-refractivity contribution in [2.45, 2.75) is 32.6 Å². The summed E-state index contributed by atoms with van der Waals surface area (Å²) in [7, 11) is -1.68. The fourth-order valence-electron chi connectivity index (χ4n) is 2.97. The van der Waals surface area contributed by atoms with Gasteiger partial charge in [-0.3, -0.25) is 9.79 Å². The summed E-state index contributed by atoms with van der Waals surface area (Å²) in [6.07, 6.45) is 4.14. The number of hydrogen-bond donors (Lipinski definition) is 4. The minimum absolute atomic E-state index is 0.0233. The maximum Gasteiger partial charge on any atom is 0.251 e. The van der Waals surface area contributed by atoms with Crippen molar-refractivity contribution >= 4 is 21.9 Å². The van der Waals surface area contributed by atoms with E-state index in [-0.39, 0.29) is 18.2 Å². The Morgan fingerprint density at radius 2 is 2.03 bits per heavy atom. The topological polar surface area (TPSA) is 112 Å². The van der Waals surface area contributed by atoms with Crippen LogP contribution in [-0.4, -0.2) is 59.3 Å². The second kappa shape index (κ2) is 11.8. The van der Waals surface area contributed by atoms with Crippen molar-refractivity contribution in [1.29, 1.82) is 0 Å². The molecule has 0 atom stereocenters. The van der Waals surface area contributed by atoms with Gasteiger partial charge in [-0.2, -0.15) is 0 Å². The fraction of sp³-hybridized carbons (Fsp3) is 0.600. The summed E-state index contributed by atoms with van der Waals surface area (Å²) >= 11 is 0. The lowest BCUT2D eigenvalue weighted by Gasteiger charge is -2.25. The molecule has 0 saturated heterocycles. The maximum atomic E-state index is 12.1. The van der Waals surface area contributed by atoms with Gasteiger partial charge in [-0.25, -0.2) is 13.1 Å². The van der Waals surface area contributed by atoms with Crippen LogP contribution in [0.15, 0.2) is 29.3 Å². The first kappa shape index (κ1) is 23.2. The van der Waals surface area contributed by atoms with E-state index in [1.54, 1.807) is 13.1 Å². The number of carbonyl (C=O) groups is 1. The third-order valence-corrected chi connectivity index (χ3v) is 6.24. The average molecular weight is 424 g/mol. The molecule has 2 rings (SSSR count). The molecule has 0 unspecified atom stereocenters. The molecule has 0 aromatic heterocycles. The first-order valence-electron chi connectivity index (χ1n) is 10.2. The van der Waals surface area contributed by atoms with Gasteiger partial charge in [0.25, 0.3) is 5.91 Å². The molecule has 0 spiro atoms. The molecule has 4 N–H and O–H groups in total. The Bertz CT molecular complexity index is 791. The summed E-state index contributed by atoms with van der Waals surface area (Å²) < 4.78 is 26.8. The number of rotatable bonds is 11. The van der Waals surface area contributed by atoms with Gasteiger partial charge in [-0.05, 0) is 49.8 Å². The molecule has 0 bridgehead atoms. The van der Waals surface area contributed by atoms with E-state index >= 15 is 0 Å². The third-order valence-electron chi connectivity index (χ3n) is 4.91. The van der Waals surface area contributed by atoms with Crippen LogP contribution in [0.1, 0.15) is 42.1 Å². The van der Waals surface area contributed by atoms with Gasteiger partial charge >= 0.3 is 0 Å². The van der Waals surface area contributed by atoms with Crippen LogP contribution >= 0.6 is 0 Å². The molecular formula is C20H33N5O3S. The minimum Gasteiger partial charge on any atom is -0.357 e. The van der Waals surface area contributed by atoms with Crippen molar-refractivity contribution in [1.82, 2.24) is 20.7 Å². The van der Waals surface area contributed by atoms with Gasteiger partial charge in [-0.15, -0.1) is 0 Å². The number of nitrogens with one attached hydrogen (secondary N) is 4. The zero-order valence-corrected chi connectivity index (χ0v) is 18.1. The predicted octanol–water partition coefficient (Wildman–Crippen LogP) is 0.863. The number of amides is 1. The number of aliphatic imine (C=N–C) groups is 1. The molecule has 0 radical (unpaired) electrons. The summed E-state index contributed by atoms with van der Waals surface area (Å²) in [5.41, 5.74) is 1.67. The Morgan fingerprint density at radius 3 is 2.69 bits per heavy atom. The number of sulfonamides is 1. The number of nitrogens with zero attached hydrogens (tertiary/aromatic N) is 1. The molecule has 8 nitrogen and oxygen atoms in total. The smallest absolute Gasteiger partial charge is 0.251 e. The molecular weight excluding hydrogens is 390 g/mol. The largest absolute Gasteiger partial charge is 0.357 e. The summed E-state index contributed by atoms with van der Waals surface area (Å²) in [5, 5.41) is 8.95. The lowest BCUT2D eigenvalue weighted by Crippen LogP contribution is -2.39. The van der Waals surface area contributed by atoms with Crippen molar-refractivity contribution in [3.8, 4) is 0 Å². The quantitative estimate of drug-likeness (QED) is 0.312. The van der Waals surface area contributed by atoms with Crippen molar-refractivity contribution in [2.75, 3.05) is 39.0 Å². The second-order valence-corrected chi connectivity index (χ2v) is 9.11. The molecule has 9 heteroatoms. The zero-order chi connectivity index (χ0) is 21.1.